The Kier molecular flexibility index (Phi) is 16.1. The van der Waals surface area contributed by atoms with Gasteiger partial charge in [0.25, 0.3) is 0 Å². The number of hydrogen-bond acceptors (Lipinski definition) is 5. The molecule has 36 heavy (non-hydrogen) atoms. The van der Waals surface area contributed by atoms with Crippen LogP contribution in [0.25, 0.3) is 0 Å². The molecular formula is C29H59N3O4. The summed E-state index contributed by atoms with van der Waals surface area (Å²) in [4.78, 5) is 25.7. The number of nitrogens with one attached hydrogen (secondary N) is 3. The Hall–Kier alpha value is -1.18. The Morgan fingerprint density at radius 3 is 1.44 bits per heavy atom. The number of aliphatic hydroxyl groups excluding tert-OH is 2. The molecule has 0 radical (unpaired) electrons. The zero-order valence-corrected chi connectivity index (χ0v) is 25.1. The number of amides is 2. The fourth-order valence-corrected chi connectivity index (χ4v) is 4.59. The highest BCUT2D eigenvalue weighted by molar-refractivity contribution is 5.83. The largest absolute Gasteiger partial charge is 0.396 e. The lowest BCUT2D eigenvalue weighted by molar-refractivity contribution is -0.125. The van der Waals surface area contributed by atoms with Gasteiger partial charge < -0.3 is 26.2 Å². The van der Waals surface area contributed by atoms with Gasteiger partial charge in [0.05, 0.1) is 6.04 Å². The third-order valence-corrected chi connectivity index (χ3v) is 8.63. The second kappa shape index (κ2) is 16.6. The average molecular weight is 514 g/mol. The van der Waals surface area contributed by atoms with Crippen molar-refractivity contribution in [3.8, 4) is 0 Å². The molecule has 2 amide bonds. The maximum atomic E-state index is 13.1. The molecule has 0 aromatic carbocycles. The van der Waals surface area contributed by atoms with Crippen molar-refractivity contribution in [1.29, 1.82) is 0 Å². The average Bonchev–Trinajstić information content (AvgIpc) is 2.84. The van der Waals surface area contributed by atoms with Crippen molar-refractivity contribution in [3.63, 3.8) is 0 Å². The molecular weight excluding hydrogens is 454 g/mol. The highest BCUT2D eigenvalue weighted by atomic mass is 16.3. The Labute approximate surface area is 222 Å². The Morgan fingerprint density at radius 2 is 1.06 bits per heavy atom. The van der Waals surface area contributed by atoms with Crippen LogP contribution in [0.3, 0.4) is 0 Å². The van der Waals surface area contributed by atoms with Gasteiger partial charge in [-0.15, -0.1) is 0 Å². The van der Waals surface area contributed by atoms with E-state index in [1.807, 2.05) is 20.8 Å². The maximum absolute atomic E-state index is 13.1. The summed E-state index contributed by atoms with van der Waals surface area (Å²) in [6, 6.07) is -0.450. The summed E-state index contributed by atoms with van der Waals surface area (Å²) >= 11 is 0. The van der Waals surface area contributed by atoms with E-state index >= 15 is 0 Å². The first kappa shape index (κ1) is 34.8. The van der Waals surface area contributed by atoms with Gasteiger partial charge in [0.1, 0.15) is 0 Å². The molecule has 9 atom stereocenters. The zero-order chi connectivity index (χ0) is 28.2. The van der Waals surface area contributed by atoms with E-state index in [2.05, 4.69) is 71.3 Å². The van der Waals surface area contributed by atoms with Crippen molar-refractivity contribution in [2.45, 2.75) is 101 Å². The third kappa shape index (κ3) is 12.9. The third-order valence-electron chi connectivity index (χ3n) is 8.63. The first-order valence-corrected chi connectivity index (χ1v) is 14.1. The van der Waals surface area contributed by atoms with Crippen LogP contribution in [-0.2, 0) is 9.59 Å². The topological polar surface area (TPSA) is 111 Å². The van der Waals surface area contributed by atoms with Gasteiger partial charge >= 0.3 is 0 Å². The van der Waals surface area contributed by atoms with Crippen LogP contribution in [0.2, 0.25) is 0 Å². The van der Waals surface area contributed by atoms with Crippen LogP contribution in [0.15, 0.2) is 0 Å². The van der Waals surface area contributed by atoms with Crippen LogP contribution < -0.4 is 16.0 Å². The molecule has 1 unspecified atom stereocenters. The van der Waals surface area contributed by atoms with E-state index in [1.54, 1.807) is 0 Å². The molecule has 0 fully saturated rings. The van der Waals surface area contributed by atoms with Crippen LogP contribution >= 0.6 is 0 Å². The lowest BCUT2D eigenvalue weighted by atomic mass is 9.78. The van der Waals surface area contributed by atoms with E-state index in [9.17, 15) is 19.8 Å². The lowest BCUT2D eigenvalue weighted by Crippen LogP contribution is -2.52. The summed E-state index contributed by atoms with van der Waals surface area (Å²) in [7, 11) is 0. The minimum Gasteiger partial charge on any atom is -0.396 e. The van der Waals surface area contributed by atoms with Crippen LogP contribution in [-0.4, -0.2) is 59.9 Å². The van der Waals surface area contributed by atoms with Crippen molar-refractivity contribution in [2.75, 3.05) is 26.3 Å². The highest BCUT2D eigenvalue weighted by Crippen LogP contribution is 2.27. The van der Waals surface area contributed by atoms with Crippen molar-refractivity contribution in [2.24, 2.45) is 47.3 Å². The van der Waals surface area contributed by atoms with Gasteiger partial charge in [-0.25, -0.2) is 0 Å². The Bertz CT molecular complexity index is 636. The molecule has 7 nitrogen and oxygen atoms in total. The number of carbonyl (C=O) groups excluding carboxylic acids is 2. The first-order chi connectivity index (χ1) is 16.5. The molecule has 0 aliphatic heterocycles. The van der Waals surface area contributed by atoms with E-state index in [0.717, 1.165) is 0 Å². The van der Waals surface area contributed by atoms with Crippen molar-refractivity contribution in [3.05, 3.63) is 0 Å². The molecule has 0 aliphatic rings. The van der Waals surface area contributed by atoms with E-state index in [-0.39, 0.29) is 54.7 Å². The summed E-state index contributed by atoms with van der Waals surface area (Å²) in [5, 5.41) is 28.4. The molecule has 0 rings (SSSR count). The summed E-state index contributed by atoms with van der Waals surface area (Å²) < 4.78 is 0. The fraction of sp³-hybridized carbons (Fsp3) is 0.931. The van der Waals surface area contributed by atoms with E-state index in [4.69, 9.17) is 0 Å². The lowest BCUT2D eigenvalue weighted by Gasteiger charge is -2.31. The zero-order valence-electron chi connectivity index (χ0n) is 25.1. The summed E-state index contributed by atoms with van der Waals surface area (Å²) in [5.74, 6) is 2.36. The predicted octanol–water partition coefficient (Wildman–Crippen LogP) is 3.83. The van der Waals surface area contributed by atoms with Crippen LogP contribution in [0.5, 0.6) is 0 Å². The highest BCUT2D eigenvalue weighted by Gasteiger charge is 2.28. The van der Waals surface area contributed by atoms with E-state index < -0.39 is 6.04 Å². The second-order valence-electron chi connectivity index (χ2n) is 12.7. The van der Waals surface area contributed by atoms with Crippen molar-refractivity contribution >= 4 is 11.8 Å². The summed E-state index contributed by atoms with van der Waals surface area (Å²) in [6.07, 6.45) is 0.709. The molecule has 0 aromatic rings. The molecule has 0 bridgehead atoms. The molecule has 7 heteroatoms. The molecule has 0 aromatic heterocycles. The molecule has 0 heterocycles. The van der Waals surface area contributed by atoms with Crippen LogP contribution in [0.1, 0.15) is 89.0 Å². The van der Waals surface area contributed by atoms with Crippen LogP contribution in [0, 0.1) is 47.3 Å². The van der Waals surface area contributed by atoms with E-state index in [1.165, 1.54) is 0 Å². The summed E-state index contributed by atoms with van der Waals surface area (Å²) in [5.41, 5.74) is -0.258. The first-order valence-electron chi connectivity index (χ1n) is 14.1. The Morgan fingerprint density at radius 1 is 0.667 bits per heavy atom. The number of carbonyl (C=O) groups is 2. The maximum Gasteiger partial charge on any atom is 0.237 e. The molecule has 0 saturated heterocycles. The fourth-order valence-electron chi connectivity index (χ4n) is 4.59. The number of aliphatic hydroxyl groups is 2. The Balaban J connectivity index is 4.88. The predicted molar refractivity (Wildman–Crippen MR) is 149 cm³/mol. The molecule has 0 spiro atoms. The molecule has 0 aliphatic carbocycles. The summed E-state index contributed by atoms with van der Waals surface area (Å²) in [6.45, 7) is 24.6. The smallest absolute Gasteiger partial charge is 0.237 e. The van der Waals surface area contributed by atoms with Crippen LogP contribution in [0.4, 0.5) is 0 Å². The van der Waals surface area contributed by atoms with Crippen molar-refractivity contribution in [1.82, 2.24) is 16.0 Å². The van der Waals surface area contributed by atoms with Gasteiger partial charge in [-0.05, 0) is 74.5 Å². The van der Waals surface area contributed by atoms with E-state index in [0.29, 0.717) is 49.1 Å². The van der Waals surface area contributed by atoms with Gasteiger partial charge in [-0.2, -0.15) is 0 Å². The van der Waals surface area contributed by atoms with Gasteiger partial charge in [0, 0.05) is 38.3 Å². The van der Waals surface area contributed by atoms with Gasteiger partial charge in [-0.1, -0.05) is 55.4 Å². The molecule has 5 N–H and O–H groups in total. The van der Waals surface area contributed by atoms with Gasteiger partial charge in [0.2, 0.25) is 11.8 Å². The molecule has 214 valence electrons. The minimum atomic E-state index is -0.450. The number of rotatable bonds is 17. The normalized spacial score (nSPS) is 19.8. The quantitative estimate of drug-likeness (QED) is 0.203. The van der Waals surface area contributed by atoms with Gasteiger partial charge in [0.15, 0.2) is 0 Å². The van der Waals surface area contributed by atoms with Crippen molar-refractivity contribution < 1.29 is 19.8 Å². The van der Waals surface area contributed by atoms with Gasteiger partial charge in [-0.3, -0.25) is 9.59 Å². The SMILES string of the molecule is C[C@@H]([C@H](C)[C@@H](C)CNC(=O)CCC(NC(C)(C)C)C(=O)NC[C@H](C)[C@@H](C)[C@H](C)[C@H](C)CO)[C@H](C)CO. The minimum absolute atomic E-state index is 0.0424. The number of hydrogen-bond donors (Lipinski definition) is 5. The standard InChI is InChI=1S/C29H59N3O4/c1-18(22(5)24(7)20(3)16-33)14-30-27(35)13-12-26(32-29(9,10)11)28(36)31-15-19(2)23(6)25(8)21(4)17-34/h18-26,32-34H,12-17H2,1-11H3,(H,30,35)(H,31,36)/t18-,19-,20+,21+,22+,23+,24+,25+,26?/m0/s1. The second-order valence-corrected chi connectivity index (χ2v) is 12.7. The molecule has 0 saturated carbocycles. The monoisotopic (exact) mass is 513 g/mol.